The summed E-state index contributed by atoms with van der Waals surface area (Å²) < 4.78 is 28.3. The fourth-order valence-electron chi connectivity index (χ4n) is 1.68. The fourth-order valence-corrected chi connectivity index (χ4v) is 1.68. The first-order chi connectivity index (χ1) is 10.3. The van der Waals surface area contributed by atoms with Crippen LogP contribution in [0.15, 0.2) is 24.3 Å². The predicted octanol–water partition coefficient (Wildman–Crippen LogP) is 2.47. The Morgan fingerprint density at radius 1 is 1.32 bits per heavy atom. The summed E-state index contributed by atoms with van der Waals surface area (Å²) >= 11 is 0. The Kier molecular flexibility index (Phi) is 6.55. The van der Waals surface area contributed by atoms with Crippen molar-refractivity contribution in [1.82, 2.24) is 10.2 Å². The minimum atomic E-state index is -2.88. The van der Waals surface area contributed by atoms with E-state index in [0.29, 0.717) is 5.56 Å². The molecule has 22 heavy (non-hydrogen) atoms. The smallest absolute Gasteiger partial charge is 0.387 e. The van der Waals surface area contributed by atoms with Gasteiger partial charge in [0.15, 0.2) is 0 Å². The standard InChI is InChI=1S/C14H18F2N2O4/c1-9(17-14(21)18(2)8-7-12(19)20)10-3-5-11(6-4-10)22-13(15)16/h3-6,9,13H,7-8H2,1-2H3,(H,17,21)(H,19,20). The van der Waals surface area contributed by atoms with Gasteiger partial charge in [0.2, 0.25) is 0 Å². The monoisotopic (exact) mass is 316 g/mol. The molecule has 0 heterocycles. The summed E-state index contributed by atoms with van der Waals surface area (Å²) in [4.78, 5) is 23.6. The number of rotatable bonds is 7. The number of aliphatic carboxylic acids is 1. The van der Waals surface area contributed by atoms with Crippen molar-refractivity contribution in [2.45, 2.75) is 26.0 Å². The van der Waals surface area contributed by atoms with E-state index in [4.69, 9.17) is 5.11 Å². The third kappa shape index (κ3) is 5.94. The Bertz CT molecular complexity index is 508. The van der Waals surface area contributed by atoms with Gasteiger partial charge in [-0.3, -0.25) is 4.79 Å². The van der Waals surface area contributed by atoms with Crippen LogP contribution in [-0.2, 0) is 4.79 Å². The van der Waals surface area contributed by atoms with Crippen LogP contribution >= 0.6 is 0 Å². The van der Waals surface area contributed by atoms with Gasteiger partial charge in [-0.15, -0.1) is 0 Å². The zero-order valence-electron chi connectivity index (χ0n) is 12.3. The highest BCUT2D eigenvalue weighted by atomic mass is 19.3. The quantitative estimate of drug-likeness (QED) is 0.810. The Balaban J connectivity index is 2.55. The van der Waals surface area contributed by atoms with Crippen LogP contribution in [0.5, 0.6) is 5.75 Å². The lowest BCUT2D eigenvalue weighted by molar-refractivity contribution is -0.137. The van der Waals surface area contributed by atoms with Gasteiger partial charge in [-0.25, -0.2) is 4.79 Å². The van der Waals surface area contributed by atoms with Gasteiger partial charge in [-0.1, -0.05) is 12.1 Å². The second kappa shape index (κ2) is 8.16. The summed E-state index contributed by atoms with van der Waals surface area (Å²) in [7, 11) is 1.49. The van der Waals surface area contributed by atoms with Crippen molar-refractivity contribution in [2.24, 2.45) is 0 Å². The van der Waals surface area contributed by atoms with Crippen molar-refractivity contribution in [1.29, 1.82) is 0 Å². The number of ether oxygens (including phenoxy) is 1. The van der Waals surface area contributed by atoms with Crippen LogP contribution in [0.4, 0.5) is 13.6 Å². The first-order valence-electron chi connectivity index (χ1n) is 6.57. The van der Waals surface area contributed by atoms with Crippen LogP contribution in [0, 0.1) is 0 Å². The molecule has 0 bridgehead atoms. The number of carboxylic acids is 1. The van der Waals surface area contributed by atoms with Crippen LogP contribution in [0.3, 0.4) is 0 Å². The number of carbonyl (C=O) groups is 2. The molecule has 122 valence electrons. The van der Waals surface area contributed by atoms with Crippen LogP contribution in [-0.4, -0.2) is 42.2 Å². The summed E-state index contributed by atoms with van der Waals surface area (Å²) in [5.41, 5.74) is 0.710. The van der Waals surface area contributed by atoms with Crippen molar-refractivity contribution in [3.05, 3.63) is 29.8 Å². The summed E-state index contributed by atoms with van der Waals surface area (Å²) in [6.07, 6.45) is -0.141. The van der Waals surface area contributed by atoms with Crippen molar-refractivity contribution in [3.8, 4) is 5.75 Å². The third-order valence-corrected chi connectivity index (χ3v) is 2.95. The van der Waals surface area contributed by atoms with Crippen molar-refractivity contribution >= 4 is 12.0 Å². The van der Waals surface area contributed by atoms with E-state index in [1.807, 2.05) is 0 Å². The van der Waals surface area contributed by atoms with Crippen molar-refractivity contribution in [3.63, 3.8) is 0 Å². The topological polar surface area (TPSA) is 78.9 Å². The van der Waals surface area contributed by atoms with Gasteiger partial charge >= 0.3 is 18.6 Å². The van der Waals surface area contributed by atoms with Gasteiger partial charge in [-0.2, -0.15) is 8.78 Å². The molecule has 2 amide bonds. The van der Waals surface area contributed by atoms with E-state index >= 15 is 0 Å². The predicted molar refractivity (Wildman–Crippen MR) is 74.9 cm³/mol. The number of hydrogen-bond acceptors (Lipinski definition) is 3. The van der Waals surface area contributed by atoms with Gasteiger partial charge in [0.05, 0.1) is 12.5 Å². The van der Waals surface area contributed by atoms with Gasteiger partial charge in [0.1, 0.15) is 5.75 Å². The first-order valence-corrected chi connectivity index (χ1v) is 6.57. The van der Waals surface area contributed by atoms with Crippen LogP contribution < -0.4 is 10.1 Å². The minimum Gasteiger partial charge on any atom is -0.481 e. The molecule has 1 aromatic rings. The summed E-state index contributed by atoms with van der Waals surface area (Å²) in [6.45, 7) is -1.06. The zero-order valence-corrected chi connectivity index (χ0v) is 12.3. The van der Waals surface area contributed by atoms with E-state index < -0.39 is 18.6 Å². The molecule has 0 aliphatic heterocycles. The number of urea groups is 1. The van der Waals surface area contributed by atoms with E-state index in [-0.39, 0.29) is 24.8 Å². The fraction of sp³-hybridized carbons (Fsp3) is 0.429. The van der Waals surface area contributed by atoms with Crippen LogP contribution in [0.1, 0.15) is 24.9 Å². The van der Waals surface area contributed by atoms with Gasteiger partial charge in [-0.05, 0) is 24.6 Å². The molecule has 1 rings (SSSR count). The Hall–Kier alpha value is -2.38. The molecule has 0 saturated heterocycles. The SMILES string of the molecule is CC(NC(=O)N(C)CCC(=O)O)c1ccc(OC(F)F)cc1. The van der Waals surface area contributed by atoms with E-state index in [9.17, 15) is 18.4 Å². The molecule has 1 unspecified atom stereocenters. The number of halogens is 2. The molecule has 0 aromatic heterocycles. The van der Waals surface area contributed by atoms with E-state index in [1.54, 1.807) is 19.1 Å². The summed E-state index contributed by atoms with van der Waals surface area (Å²) in [5, 5.41) is 11.3. The van der Waals surface area contributed by atoms with Crippen LogP contribution in [0.25, 0.3) is 0 Å². The second-order valence-electron chi connectivity index (χ2n) is 4.68. The van der Waals surface area contributed by atoms with Crippen molar-refractivity contribution in [2.75, 3.05) is 13.6 Å². The van der Waals surface area contributed by atoms with Crippen molar-refractivity contribution < 1.29 is 28.2 Å². The normalized spacial score (nSPS) is 11.9. The van der Waals surface area contributed by atoms with E-state index in [1.165, 1.54) is 24.1 Å². The first kappa shape index (κ1) is 17.7. The summed E-state index contributed by atoms with van der Waals surface area (Å²) in [5.74, 6) is -0.946. The molecule has 1 atom stereocenters. The summed E-state index contributed by atoms with van der Waals surface area (Å²) in [6, 6.07) is 5.14. The molecule has 2 N–H and O–H groups in total. The molecule has 0 spiro atoms. The molecular formula is C14H18F2N2O4. The number of benzene rings is 1. The lowest BCUT2D eigenvalue weighted by Gasteiger charge is -2.21. The maximum absolute atomic E-state index is 12.0. The molecule has 0 aliphatic rings. The number of carboxylic acid groups (broad SMARTS) is 1. The lowest BCUT2D eigenvalue weighted by Crippen LogP contribution is -2.39. The number of carbonyl (C=O) groups excluding carboxylic acids is 1. The molecule has 0 aliphatic carbocycles. The average molecular weight is 316 g/mol. The highest BCUT2D eigenvalue weighted by Gasteiger charge is 2.14. The van der Waals surface area contributed by atoms with E-state index in [2.05, 4.69) is 10.1 Å². The zero-order chi connectivity index (χ0) is 16.7. The molecule has 0 radical (unpaired) electrons. The highest BCUT2D eigenvalue weighted by molar-refractivity contribution is 5.75. The number of nitrogens with one attached hydrogen (secondary N) is 1. The number of nitrogens with zero attached hydrogens (tertiary/aromatic N) is 1. The molecule has 0 saturated carbocycles. The maximum Gasteiger partial charge on any atom is 0.387 e. The third-order valence-electron chi connectivity index (χ3n) is 2.95. The molecule has 6 nitrogen and oxygen atoms in total. The minimum absolute atomic E-state index is 0.0378. The Morgan fingerprint density at radius 2 is 1.91 bits per heavy atom. The van der Waals surface area contributed by atoms with Gasteiger partial charge < -0.3 is 20.1 Å². The van der Waals surface area contributed by atoms with Crippen LogP contribution in [0.2, 0.25) is 0 Å². The van der Waals surface area contributed by atoms with Gasteiger partial charge in [0.25, 0.3) is 0 Å². The molecular weight excluding hydrogens is 298 g/mol. The molecule has 0 fully saturated rings. The molecule has 8 heteroatoms. The lowest BCUT2D eigenvalue weighted by atomic mass is 10.1. The second-order valence-corrected chi connectivity index (χ2v) is 4.68. The number of alkyl halides is 2. The highest BCUT2D eigenvalue weighted by Crippen LogP contribution is 2.19. The van der Waals surface area contributed by atoms with E-state index in [0.717, 1.165) is 0 Å². The Labute approximate surface area is 126 Å². The number of amides is 2. The average Bonchev–Trinajstić information content (AvgIpc) is 2.44. The molecule has 1 aromatic carbocycles. The number of hydrogen-bond donors (Lipinski definition) is 2. The van der Waals surface area contributed by atoms with Gasteiger partial charge in [0, 0.05) is 13.6 Å². The Morgan fingerprint density at radius 3 is 2.41 bits per heavy atom. The maximum atomic E-state index is 12.0. The largest absolute Gasteiger partial charge is 0.481 e.